The fourth-order valence-corrected chi connectivity index (χ4v) is 2.58. The molecule has 1 amide bonds. The summed E-state index contributed by atoms with van der Waals surface area (Å²) in [6, 6.07) is 0.340. The first-order valence-corrected chi connectivity index (χ1v) is 6.79. The van der Waals surface area contributed by atoms with Crippen LogP contribution in [0, 0.1) is 0 Å². The van der Waals surface area contributed by atoms with E-state index in [4.69, 9.17) is 4.74 Å². The summed E-state index contributed by atoms with van der Waals surface area (Å²) in [5, 5.41) is 3.17. The summed E-state index contributed by atoms with van der Waals surface area (Å²) in [7, 11) is 4.01. The predicted octanol–water partition coefficient (Wildman–Crippen LogP) is -0.0825. The molecule has 5 nitrogen and oxygen atoms in total. The lowest BCUT2D eigenvalue weighted by Crippen LogP contribution is -2.60. The van der Waals surface area contributed by atoms with Crippen molar-refractivity contribution in [2.75, 3.05) is 46.9 Å². The summed E-state index contributed by atoms with van der Waals surface area (Å²) in [6.45, 7) is 6.05. The largest absolute Gasteiger partial charge is 0.363 e. The van der Waals surface area contributed by atoms with Crippen LogP contribution in [0.5, 0.6) is 0 Å². The van der Waals surface area contributed by atoms with E-state index in [2.05, 4.69) is 17.3 Å². The first-order chi connectivity index (χ1) is 8.50. The van der Waals surface area contributed by atoms with Gasteiger partial charge in [-0.15, -0.1) is 0 Å². The lowest BCUT2D eigenvalue weighted by atomic mass is 10.0. The highest BCUT2D eigenvalue weighted by atomic mass is 16.5. The van der Waals surface area contributed by atoms with Crippen molar-refractivity contribution >= 4 is 5.91 Å². The molecule has 2 heterocycles. The molecule has 0 aromatic carbocycles. The molecule has 1 unspecified atom stereocenters. The number of nitrogens with zero attached hydrogens (tertiary/aromatic N) is 2. The number of rotatable bonds is 4. The topological polar surface area (TPSA) is 44.8 Å². The zero-order chi connectivity index (χ0) is 13.2. The van der Waals surface area contributed by atoms with Crippen molar-refractivity contribution in [3.8, 4) is 0 Å². The lowest BCUT2D eigenvalue weighted by Gasteiger charge is -2.40. The van der Waals surface area contributed by atoms with Crippen LogP contribution >= 0.6 is 0 Å². The monoisotopic (exact) mass is 255 g/mol. The summed E-state index contributed by atoms with van der Waals surface area (Å²) < 4.78 is 5.70. The maximum Gasteiger partial charge on any atom is 0.248 e. The number of hydrogen-bond donors (Lipinski definition) is 1. The quantitative estimate of drug-likeness (QED) is 0.763. The Morgan fingerprint density at radius 1 is 1.56 bits per heavy atom. The van der Waals surface area contributed by atoms with Crippen LogP contribution in [0.1, 0.15) is 19.8 Å². The molecule has 1 N–H and O–H groups in total. The van der Waals surface area contributed by atoms with Gasteiger partial charge in [0.25, 0.3) is 0 Å². The average Bonchev–Trinajstić information content (AvgIpc) is 2.32. The minimum Gasteiger partial charge on any atom is -0.363 e. The number of nitrogens with one attached hydrogen (secondary N) is 1. The number of piperidine rings is 1. The summed E-state index contributed by atoms with van der Waals surface area (Å²) >= 11 is 0. The number of carbonyl (C=O) groups excluding carboxylic acids is 1. The molecule has 0 saturated carbocycles. The maximum atomic E-state index is 12.1. The molecule has 2 aliphatic rings. The Morgan fingerprint density at radius 2 is 2.28 bits per heavy atom. The Bertz CT molecular complexity index is 305. The van der Waals surface area contributed by atoms with Gasteiger partial charge in [-0.2, -0.15) is 0 Å². The van der Waals surface area contributed by atoms with Crippen LogP contribution in [0.25, 0.3) is 0 Å². The van der Waals surface area contributed by atoms with Crippen LogP contribution in [0.15, 0.2) is 0 Å². The molecule has 2 saturated heterocycles. The van der Waals surface area contributed by atoms with Gasteiger partial charge in [-0.25, -0.2) is 0 Å². The molecule has 0 aromatic rings. The second-order valence-electron chi connectivity index (χ2n) is 5.91. The third-order valence-corrected chi connectivity index (χ3v) is 4.08. The van der Waals surface area contributed by atoms with Gasteiger partial charge >= 0.3 is 0 Å². The van der Waals surface area contributed by atoms with Gasteiger partial charge in [0.15, 0.2) is 0 Å². The first kappa shape index (κ1) is 13.8. The number of likely N-dealkylation sites (N-methyl/N-ethyl adjacent to an activating group) is 2. The molecule has 0 radical (unpaired) electrons. The molecular formula is C13H25N3O2. The van der Waals surface area contributed by atoms with Crippen LogP contribution in [-0.2, 0) is 9.53 Å². The van der Waals surface area contributed by atoms with E-state index in [-0.39, 0.29) is 18.1 Å². The van der Waals surface area contributed by atoms with Gasteiger partial charge in [-0.05, 0) is 33.4 Å². The predicted molar refractivity (Wildman–Crippen MR) is 70.5 cm³/mol. The van der Waals surface area contributed by atoms with Crippen molar-refractivity contribution < 1.29 is 9.53 Å². The van der Waals surface area contributed by atoms with Gasteiger partial charge in [-0.1, -0.05) is 0 Å². The van der Waals surface area contributed by atoms with E-state index in [0.717, 1.165) is 32.6 Å². The summed E-state index contributed by atoms with van der Waals surface area (Å²) in [6.07, 6.45) is 2.27. The molecule has 0 spiro atoms. The maximum absolute atomic E-state index is 12.1. The minimum atomic E-state index is -0.139. The lowest BCUT2D eigenvalue weighted by molar-refractivity contribution is -0.147. The second-order valence-corrected chi connectivity index (χ2v) is 5.91. The highest BCUT2D eigenvalue weighted by Crippen LogP contribution is 2.17. The molecule has 0 aromatic heterocycles. The molecular weight excluding hydrogens is 230 g/mol. The van der Waals surface area contributed by atoms with E-state index in [0.29, 0.717) is 6.04 Å². The molecule has 2 fully saturated rings. The third-order valence-electron chi connectivity index (χ3n) is 4.08. The van der Waals surface area contributed by atoms with Crippen LogP contribution < -0.4 is 5.32 Å². The average molecular weight is 255 g/mol. The molecule has 2 rings (SSSR count). The van der Waals surface area contributed by atoms with Crippen molar-refractivity contribution in [2.45, 2.75) is 31.4 Å². The van der Waals surface area contributed by atoms with Crippen LogP contribution in [0.3, 0.4) is 0 Å². The molecule has 2 aliphatic heterocycles. The van der Waals surface area contributed by atoms with Crippen molar-refractivity contribution in [1.29, 1.82) is 0 Å². The van der Waals surface area contributed by atoms with Crippen LogP contribution in [0.4, 0.5) is 0 Å². The van der Waals surface area contributed by atoms with Crippen molar-refractivity contribution in [3.63, 3.8) is 0 Å². The summed E-state index contributed by atoms with van der Waals surface area (Å²) in [5.41, 5.74) is -0.139. The normalized spacial score (nSPS) is 27.6. The van der Waals surface area contributed by atoms with E-state index in [1.54, 1.807) is 0 Å². The van der Waals surface area contributed by atoms with Gasteiger partial charge in [0.2, 0.25) is 5.91 Å². The van der Waals surface area contributed by atoms with Gasteiger partial charge in [-0.3, -0.25) is 4.79 Å². The number of carbonyl (C=O) groups is 1. The van der Waals surface area contributed by atoms with Crippen LogP contribution in [-0.4, -0.2) is 74.2 Å². The second kappa shape index (κ2) is 5.55. The van der Waals surface area contributed by atoms with Crippen molar-refractivity contribution in [2.24, 2.45) is 0 Å². The summed E-state index contributed by atoms with van der Waals surface area (Å²) in [4.78, 5) is 16.3. The highest BCUT2D eigenvalue weighted by Gasteiger charge is 2.34. The van der Waals surface area contributed by atoms with Crippen molar-refractivity contribution in [1.82, 2.24) is 15.1 Å². The first-order valence-electron chi connectivity index (χ1n) is 6.79. The van der Waals surface area contributed by atoms with E-state index < -0.39 is 0 Å². The van der Waals surface area contributed by atoms with Gasteiger partial charge < -0.3 is 19.9 Å². The standard InChI is InChI=1S/C13H25N3O2/c1-13(9-14-10-13)18-8-12(17)16(3)11-5-4-6-15(2)7-11/h11,14H,4-10H2,1-3H3. The van der Waals surface area contributed by atoms with Gasteiger partial charge in [0.1, 0.15) is 6.61 Å². The number of hydrogen-bond acceptors (Lipinski definition) is 4. The Balaban J connectivity index is 1.77. The molecule has 5 heteroatoms. The smallest absolute Gasteiger partial charge is 0.248 e. The van der Waals surface area contributed by atoms with Gasteiger partial charge in [0.05, 0.1) is 5.60 Å². The Labute approximate surface area is 109 Å². The Hall–Kier alpha value is -0.650. The number of amides is 1. The SMILES string of the molecule is CN1CCCC(N(C)C(=O)COC2(C)CNC2)C1. The summed E-state index contributed by atoms with van der Waals surface area (Å²) in [5.74, 6) is 0.100. The van der Waals surface area contributed by atoms with Crippen LogP contribution in [0.2, 0.25) is 0 Å². The molecule has 0 bridgehead atoms. The van der Waals surface area contributed by atoms with Crippen molar-refractivity contribution in [3.05, 3.63) is 0 Å². The van der Waals surface area contributed by atoms with E-state index in [9.17, 15) is 4.79 Å². The van der Waals surface area contributed by atoms with Gasteiger partial charge in [0, 0.05) is 32.7 Å². The van der Waals surface area contributed by atoms with E-state index >= 15 is 0 Å². The fraction of sp³-hybridized carbons (Fsp3) is 0.923. The van der Waals surface area contributed by atoms with E-state index in [1.807, 2.05) is 18.9 Å². The number of ether oxygens (including phenoxy) is 1. The molecule has 1 atom stereocenters. The van der Waals surface area contributed by atoms with E-state index in [1.165, 1.54) is 6.42 Å². The minimum absolute atomic E-state index is 0.100. The zero-order valence-electron chi connectivity index (χ0n) is 11.7. The fourth-order valence-electron chi connectivity index (χ4n) is 2.58. The Kier molecular flexibility index (Phi) is 4.25. The third kappa shape index (κ3) is 3.22. The highest BCUT2D eigenvalue weighted by molar-refractivity contribution is 5.77. The number of likely N-dealkylation sites (tertiary alicyclic amines) is 1. The molecule has 104 valence electrons. The zero-order valence-corrected chi connectivity index (χ0v) is 11.7. The Morgan fingerprint density at radius 3 is 2.83 bits per heavy atom. The molecule has 0 aliphatic carbocycles. The molecule has 18 heavy (non-hydrogen) atoms.